The average molecular weight is 303 g/mol. The molecule has 6 heteroatoms. The number of fused-ring (bicyclic) bond motifs is 1. The first kappa shape index (κ1) is 13.0. The largest absolute Gasteiger partial charge is 0.474 e. The summed E-state index contributed by atoms with van der Waals surface area (Å²) in [6, 6.07) is 4.05. The Balaban J connectivity index is 1.55. The van der Waals surface area contributed by atoms with Gasteiger partial charge in [-0.2, -0.15) is 0 Å². The zero-order chi connectivity index (χ0) is 14.6. The minimum atomic E-state index is -0.493. The molecule has 2 saturated carbocycles. The Morgan fingerprint density at radius 3 is 2.81 bits per heavy atom. The van der Waals surface area contributed by atoms with Crippen molar-refractivity contribution >= 4 is 27.5 Å². The van der Waals surface area contributed by atoms with Crippen molar-refractivity contribution in [3.8, 4) is 5.88 Å². The van der Waals surface area contributed by atoms with Crippen molar-refractivity contribution in [1.82, 2.24) is 4.98 Å². The van der Waals surface area contributed by atoms with Gasteiger partial charge in [-0.15, -0.1) is 11.3 Å². The third-order valence-corrected chi connectivity index (χ3v) is 5.51. The molecule has 0 radical (unpaired) electrons. The van der Waals surface area contributed by atoms with E-state index in [2.05, 4.69) is 4.98 Å². The van der Waals surface area contributed by atoms with Crippen LogP contribution in [-0.4, -0.2) is 23.0 Å². The van der Waals surface area contributed by atoms with Gasteiger partial charge in [0.05, 0.1) is 10.2 Å². The number of primary amides is 1. The van der Waals surface area contributed by atoms with E-state index in [1.54, 1.807) is 6.07 Å². The van der Waals surface area contributed by atoms with Gasteiger partial charge in [0.15, 0.2) is 0 Å². The summed E-state index contributed by atoms with van der Waals surface area (Å²) in [5, 5.41) is 1.94. The highest BCUT2D eigenvalue weighted by Gasteiger charge is 2.53. The van der Waals surface area contributed by atoms with Crippen LogP contribution in [0.1, 0.15) is 36.0 Å². The molecule has 2 aliphatic rings. The second-order valence-corrected chi connectivity index (χ2v) is 7.27. The summed E-state index contributed by atoms with van der Waals surface area (Å²) >= 11 is 1.54. The molecule has 1 spiro atoms. The normalized spacial score (nSPS) is 30.9. The van der Waals surface area contributed by atoms with Crippen molar-refractivity contribution in [3.63, 3.8) is 0 Å². The number of rotatable bonds is 3. The summed E-state index contributed by atoms with van der Waals surface area (Å²) in [5.74, 6) is -0.121. The first-order valence-corrected chi connectivity index (χ1v) is 8.03. The summed E-state index contributed by atoms with van der Waals surface area (Å²) in [5.41, 5.74) is 12.9. The molecule has 0 saturated heterocycles. The average Bonchev–Trinajstić information content (AvgIpc) is 2.80. The molecule has 4 rings (SSSR count). The van der Waals surface area contributed by atoms with Crippen molar-refractivity contribution in [3.05, 3.63) is 23.1 Å². The number of pyridine rings is 1. The van der Waals surface area contributed by atoms with Gasteiger partial charge >= 0.3 is 0 Å². The number of carbonyl (C=O) groups is 1. The Morgan fingerprint density at radius 1 is 1.38 bits per heavy atom. The molecule has 0 atom stereocenters. The summed E-state index contributed by atoms with van der Waals surface area (Å²) in [6.45, 7) is 0. The number of hydrogen-bond donors (Lipinski definition) is 2. The second-order valence-electron chi connectivity index (χ2n) is 6.33. The second kappa shape index (κ2) is 4.42. The Kier molecular flexibility index (Phi) is 2.74. The lowest BCUT2D eigenvalue weighted by Crippen LogP contribution is -2.56. The van der Waals surface area contributed by atoms with E-state index in [1.807, 2.05) is 11.4 Å². The fraction of sp³-hybridized carbons (Fsp3) is 0.467. The van der Waals surface area contributed by atoms with E-state index in [0.29, 0.717) is 22.9 Å². The van der Waals surface area contributed by atoms with E-state index in [1.165, 1.54) is 11.3 Å². The van der Waals surface area contributed by atoms with Gasteiger partial charge in [-0.1, -0.05) is 0 Å². The van der Waals surface area contributed by atoms with Crippen LogP contribution in [0.3, 0.4) is 0 Å². The van der Waals surface area contributed by atoms with Gasteiger partial charge in [-0.25, -0.2) is 4.98 Å². The molecule has 2 fully saturated rings. The fourth-order valence-electron chi connectivity index (χ4n) is 3.68. The molecule has 0 unspecified atom stereocenters. The number of thiophene rings is 1. The third kappa shape index (κ3) is 2.10. The zero-order valence-electron chi connectivity index (χ0n) is 11.5. The van der Waals surface area contributed by atoms with Crippen LogP contribution >= 0.6 is 11.3 Å². The van der Waals surface area contributed by atoms with Crippen LogP contribution in [0.15, 0.2) is 17.5 Å². The van der Waals surface area contributed by atoms with E-state index in [0.717, 1.165) is 35.9 Å². The van der Waals surface area contributed by atoms with Gasteiger partial charge in [0.25, 0.3) is 5.91 Å². The maximum atomic E-state index is 11.6. The SMILES string of the molecule is NC(=O)c1cc2sccc2nc1OC1CC2(CC(N)C2)C1. The Morgan fingerprint density at radius 2 is 2.14 bits per heavy atom. The van der Waals surface area contributed by atoms with Crippen LogP contribution in [0.25, 0.3) is 10.2 Å². The molecule has 0 bridgehead atoms. The fourth-order valence-corrected chi connectivity index (χ4v) is 4.44. The van der Waals surface area contributed by atoms with Gasteiger partial charge in [0.2, 0.25) is 5.88 Å². The lowest BCUT2D eigenvalue weighted by atomic mass is 9.53. The number of amides is 1. The topological polar surface area (TPSA) is 91.2 Å². The van der Waals surface area contributed by atoms with Crippen molar-refractivity contribution in [1.29, 1.82) is 0 Å². The molecular formula is C15H17N3O2S. The molecule has 1 amide bonds. The van der Waals surface area contributed by atoms with Gasteiger partial charge in [0, 0.05) is 6.04 Å². The van der Waals surface area contributed by atoms with E-state index in [-0.39, 0.29) is 6.10 Å². The number of nitrogens with two attached hydrogens (primary N) is 2. The molecule has 2 heterocycles. The Hall–Kier alpha value is -1.66. The third-order valence-electron chi connectivity index (χ3n) is 4.66. The molecule has 0 aromatic carbocycles. The van der Waals surface area contributed by atoms with Crippen LogP contribution in [0.5, 0.6) is 5.88 Å². The standard InChI is InChI=1S/C15H17N3O2S/c16-8-4-15(5-8)6-9(7-15)20-14-10(13(17)19)3-12-11(18-14)1-2-21-12/h1-3,8-9H,4-7,16H2,(H2,17,19). The number of nitrogens with zero attached hydrogens (tertiary/aromatic N) is 1. The summed E-state index contributed by atoms with van der Waals surface area (Å²) < 4.78 is 6.89. The lowest BCUT2D eigenvalue weighted by Gasteiger charge is -2.56. The van der Waals surface area contributed by atoms with E-state index in [4.69, 9.17) is 16.2 Å². The number of hydrogen-bond acceptors (Lipinski definition) is 5. The van der Waals surface area contributed by atoms with Crippen LogP contribution < -0.4 is 16.2 Å². The van der Waals surface area contributed by atoms with Crippen molar-refractivity contribution in [2.75, 3.05) is 0 Å². The van der Waals surface area contributed by atoms with E-state index >= 15 is 0 Å². The summed E-state index contributed by atoms with van der Waals surface area (Å²) in [4.78, 5) is 16.1. The van der Waals surface area contributed by atoms with Crippen molar-refractivity contribution < 1.29 is 9.53 Å². The Bertz CT molecular complexity index is 713. The van der Waals surface area contributed by atoms with Gasteiger partial charge in [0.1, 0.15) is 11.7 Å². The number of ether oxygens (including phenoxy) is 1. The highest BCUT2D eigenvalue weighted by molar-refractivity contribution is 7.17. The van der Waals surface area contributed by atoms with E-state index < -0.39 is 5.91 Å². The van der Waals surface area contributed by atoms with Crippen LogP contribution in [-0.2, 0) is 0 Å². The van der Waals surface area contributed by atoms with Crippen molar-refractivity contribution in [2.24, 2.45) is 16.9 Å². The highest BCUT2D eigenvalue weighted by Crippen LogP contribution is 2.56. The van der Waals surface area contributed by atoms with Crippen LogP contribution in [0, 0.1) is 5.41 Å². The molecule has 5 nitrogen and oxygen atoms in total. The van der Waals surface area contributed by atoms with Crippen LogP contribution in [0.2, 0.25) is 0 Å². The van der Waals surface area contributed by atoms with Crippen LogP contribution in [0.4, 0.5) is 0 Å². The van der Waals surface area contributed by atoms with Crippen molar-refractivity contribution in [2.45, 2.75) is 37.8 Å². The maximum absolute atomic E-state index is 11.6. The van der Waals surface area contributed by atoms with Gasteiger partial charge in [-0.05, 0) is 48.6 Å². The predicted octanol–water partition coefficient (Wildman–Crippen LogP) is 2.04. The molecule has 0 aliphatic heterocycles. The van der Waals surface area contributed by atoms with E-state index in [9.17, 15) is 4.79 Å². The predicted molar refractivity (Wildman–Crippen MR) is 81.4 cm³/mol. The smallest absolute Gasteiger partial charge is 0.254 e. The monoisotopic (exact) mass is 303 g/mol. The number of aromatic nitrogens is 1. The first-order valence-electron chi connectivity index (χ1n) is 7.15. The zero-order valence-corrected chi connectivity index (χ0v) is 12.4. The molecule has 21 heavy (non-hydrogen) atoms. The minimum Gasteiger partial charge on any atom is -0.474 e. The van der Waals surface area contributed by atoms with Gasteiger partial charge < -0.3 is 16.2 Å². The lowest BCUT2D eigenvalue weighted by molar-refractivity contribution is -0.0796. The first-order chi connectivity index (χ1) is 10.0. The maximum Gasteiger partial charge on any atom is 0.254 e. The molecule has 2 aliphatic carbocycles. The molecule has 2 aromatic heterocycles. The molecule has 2 aromatic rings. The molecule has 4 N–H and O–H groups in total. The minimum absolute atomic E-state index is 0.124. The number of carbonyl (C=O) groups excluding carboxylic acids is 1. The quantitative estimate of drug-likeness (QED) is 0.907. The van der Waals surface area contributed by atoms with Gasteiger partial charge in [-0.3, -0.25) is 4.79 Å². The molecular weight excluding hydrogens is 286 g/mol. The summed E-state index contributed by atoms with van der Waals surface area (Å²) in [7, 11) is 0. The molecule has 110 valence electrons. The summed E-state index contributed by atoms with van der Waals surface area (Å²) in [6.07, 6.45) is 4.31. The highest BCUT2D eigenvalue weighted by atomic mass is 32.1. The Labute approximate surface area is 126 Å².